The summed E-state index contributed by atoms with van der Waals surface area (Å²) in [5, 5.41) is 3.75. The van der Waals surface area contributed by atoms with Crippen molar-refractivity contribution in [3.8, 4) is 0 Å². The van der Waals surface area contributed by atoms with Crippen molar-refractivity contribution < 1.29 is 23.7 Å². The maximum Gasteiger partial charge on any atom is 0.343 e. The summed E-state index contributed by atoms with van der Waals surface area (Å²) in [5.74, 6) is 2.10. The van der Waals surface area contributed by atoms with Crippen molar-refractivity contribution in [3.05, 3.63) is 35.0 Å². The Morgan fingerprint density at radius 2 is 2.21 bits per heavy atom. The van der Waals surface area contributed by atoms with Crippen molar-refractivity contribution in [1.82, 2.24) is 5.32 Å². The van der Waals surface area contributed by atoms with E-state index in [1.807, 2.05) is 0 Å². The third-order valence-electron chi connectivity index (χ3n) is 8.24. The molecule has 28 heavy (non-hydrogen) atoms. The highest BCUT2D eigenvalue weighted by Crippen LogP contribution is 2.75. The molecule has 5 fully saturated rings. The van der Waals surface area contributed by atoms with Crippen molar-refractivity contribution in [2.24, 2.45) is 29.1 Å². The quantitative estimate of drug-likeness (QED) is 0.595. The monoisotopic (exact) mass is 385 g/mol. The molecule has 2 aliphatic carbocycles. The van der Waals surface area contributed by atoms with E-state index in [0.717, 1.165) is 19.4 Å². The first-order chi connectivity index (χ1) is 13.5. The third-order valence-corrected chi connectivity index (χ3v) is 8.24. The lowest BCUT2D eigenvalue weighted by molar-refractivity contribution is -0.248. The molecule has 0 aromatic rings. The highest BCUT2D eigenvalue weighted by atomic mass is 16.7. The fraction of sp³-hybridized carbons (Fsp3) is 0.682. The SMILES string of the molecule is CC/C=C/[C@@]12[C@@H]3C[C@H]4[C@@H]5[C@H](C)/C(=C6/OC(=O)C(C)=C6OC)O[C@]5(O3)[C@@H]1NC[C@H]42. The first-order valence-corrected chi connectivity index (χ1v) is 10.5. The van der Waals surface area contributed by atoms with Gasteiger partial charge >= 0.3 is 5.97 Å². The summed E-state index contributed by atoms with van der Waals surface area (Å²) in [6.07, 6.45) is 7.02. The molecule has 6 heteroatoms. The number of hydrogen-bond donors (Lipinski definition) is 1. The Hall–Kier alpha value is -1.79. The molecule has 3 saturated heterocycles. The number of nitrogens with one attached hydrogen (secondary N) is 1. The van der Waals surface area contributed by atoms with Gasteiger partial charge in [-0.1, -0.05) is 26.0 Å². The fourth-order valence-electron chi connectivity index (χ4n) is 7.36. The zero-order chi connectivity index (χ0) is 19.4. The van der Waals surface area contributed by atoms with Crippen molar-refractivity contribution in [2.45, 2.75) is 51.5 Å². The second-order valence-electron chi connectivity index (χ2n) is 9.14. The Morgan fingerprint density at radius 3 is 2.96 bits per heavy atom. The molecule has 6 rings (SSSR count). The maximum absolute atomic E-state index is 12.2. The van der Waals surface area contributed by atoms with Gasteiger partial charge in [-0.15, -0.1) is 0 Å². The first kappa shape index (κ1) is 17.1. The van der Waals surface area contributed by atoms with Crippen molar-refractivity contribution >= 4 is 5.97 Å². The molecule has 8 atom stereocenters. The van der Waals surface area contributed by atoms with Crippen LogP contribution in [0.15, 0.2) is 35.0 Å². The number of rotatable bonds is 3. The van der Waals surface area contributed by atoms with E-state index in [0.29, 0.717) is 34.7 Å². The molecule has 4 aliphatic heterocycles. The molecule has 4 heterocycles. The number of hydrogen-bond acceptors (Lipinski definition) is 6. The standard InChI is InChI=1S/C22H27NO5/c1-5-6-7-21-13-9-23-20(21)22-15(12(13)8-14(21)27-22)10(2)17(28-22)18-16(25-4)11(3)19(24)26-18/h6-7,10,12-15,20,23H,5,8-9H2,1-4H3/b7-6+,18-17-/t10-,12+,13+,14-,15-,20+,21+,22-/m0/s1. The van der Waals surface area contributed by atoms with Gasteiger partial charge in [0.25, 0.3) is 0 Å². The van der Waals surface area contributed by atoms with Crippen LogP contribution < -0.4 is 5.32 Å². The molecule has 0 aromatic heterocycles. The van der Waals surface area contributed by atoms with Gasteiger partial charge in [0.15, 0.2) is 5.76 Å². The van der Waals surface area contributed by atoms with E-state index in [1.54, 1.807) is 14.0 Å². The summed E-state index contributed by atoms with van der Waals surface area (Å²) in [7, 11) is 1.57. The van der Waals surface area contributed by atoms with Gasteiger partial charge in [-0.25, -0.2) is 4.79 Å². The number of allylic oxidation sites excluding steroid dienone is 2. The molecule has 0 unspecified atom stereocenters. The first-order valence-electron chi connectivity index (χ1n) is 10.5. The summed E-state index contributed by atoms with van der Waals surface area (Å²) in [5.41, 5.74) is 0.517. The van der Waals surface area contributed by atoms with Crippen LogP contribution in [0.5, 0.6) is 0 Å². The van der Waals surface area contributed by atoms with E-state index >= 15 is 0 Å². The highest BCUT2D eigenvalue weighted by Gasteiger charge is 2.84. The molecule has 0 aromatic carbocycles. The predicted octanol–water partition coefficient (Wildman–Crippen LogP) is 2.63. The van der Waals surface area contributed by atoms with Gasteiger partial charge in [-0.05, 0) is 38.1 Å². The molecule has 6 aliphatic rings. The zero-order valence-electron chi connectivity index (χ0n) is 16.8. The summed E-state index contributed by atoms with van der Waals surface area (Å²) >= 11 is 0. The second kappa shape index (κ2) is 5.22. The Kier molecular flexibility index (Phi) is 3.19. The lowest BCUT2D eigenvalue weighted by Crippen LogP contribution is -2.58. The van der Waals surface area contributed by atoms with Crippen LogP contribution in [-0.4, -0.2) is 37.6 Å². The summed E-state index contributed by atoms with van der Waals surface area (Å²) < 4.78 is 24.5. The van der Waals surface area contributed by atoms with Gasteiger partial charge in [0.05, 0.1) is 24.8 Å². The molecule has 1 N–H and O–H groups in total. The second-order valence-corrected chi connectivity index (χ2v) is 9.14. The van der Waals surface area contributed by atoms with E-state index in [4.69, 9.17) is 18.9 Å². The lowest BCUT2D eigenvalue weighted by Gasteiger charge is -2.45. The lowest BCUT2D eigenvalue weighted by atomic mass is 9.60. The molecule has 150 valence electrons. The number of ether oxygens (including phenoxy) is 4. The summed E-state index contributed by atoms with van der Waals surface area (Å²) in [4.78, 5) is 12.2. The van der Waals surface area contributed by atoms with Gasteiger partial charge in [0, 0.05) is 17.3 Å². The maximum atomic E-state index is 12.2. The Balaban J connectivity index is 1.49. The zero-order valence-corrected chi connectivity index (χ0v) is 16.8. The van der Waals surface area contributed by atoms with E-state index in [2.05, 4.69) is 31.3 Å². The van der Waals surface area contributed by atoms with Crippen molar-refractivity contribution in [1.29, 1.82) is 0 Å². The van der Waals surface area contributed by atoms with E-state index in [-0.39, 0.29) is 35.4 Å². The van der Waals surface area contributed by atoms with Crippen LogP contribution in [-0.2, 0) is 23.7 Å². The van der Waals surface area contributed by atoms with Gasteiger partial charge < -0.3 is 24.3 Å². The van der Waals surface area contributed by atoms with Gasteiger partial charge in [-0.2, -0.15) is 0 Å². The highest BCUT2D eigenvalue weighted by molar-refractivity contribution is 5.93. The van der Waals surface area contributed by atoms with Crippen LogP contribution in [0.4, 0.5) is 0 Å². The van der Waals surface area contributed by atoms with Crippen LogP contribution in [0.25, 0.3) is 0 Å². The average molecular weight is 385 g/mol. The van der Waals surface area contributed by atoms with Crippen LogP contribution >= 0.6 is 0 Å². The van der Waals surface area contributed by atoms with Gasteiger partial charge in [-0.3, -0.25) is 0 Å². The minimum absolute atomic E-state index is 0.0270. The van der Waals surface area contributed by atoms with Crippen LogP contribution in [0.2, 0.25) is 0 Å². The number of cyclic esters (lactones) is 1. The minimum atomic E-state index is -0.678. The molecule has 0 amide bonds. The normalized spacial score (nSPS) is 52.8. The average Bonchev–Trinajstić information content (AvgIpc) is 3.38. The number of carbonyl (C=O) groups is 1. The number of esters is 1. The van der Waals surface area contributed by atoms with Gasteiger partial charge in [0.2, 0.25) is 11.5 Å². The van der Waals surface area contributed by atoms with E-state index in [1.165, 1.54) is 0 Å². The third kappa shape index (κ3) is 1.60. The Morgan fingerprint density at radius 1 is 1.39 bits per heavy atom. The molecule has 1 spiro atoms. The summed E-state index contributed by atoms with van der Waals surface area (Å²) in [6.45, 7) is 7.11. The smallest absolute Gasteiger partial charge is 0.343 e. The largest absolute Gasteiger partial charge is 0.492 e. The van der Waals surface area contributed by atoms with E-state index < -0.39 is 5.79 Å². The Labute approximate surface area is 164 Å². The molecule has 6 nitrogen and oxygen atoms in total. The molecule has 5 bridgehead atoms. The van der Waals surface area contributed by atoms with Crippen molar-refractivity contribution in [3.63, 3.8) is 0 Å². The van der Waals surface area contributed by atoms with Gasteiger partial charge in [0.1, 0.15) is 5.76 Å². The minimum Gasteiger partial charge on any atom is -0.492 e. The van der Waals surface area contributed by atoms with Crippen LogP contribution in [0.3, 0.4) is 0 Å². The van der Waals surface area contributed by atoms with Crippen LogP contribution in [0.1, 0.15) is 33.6 Å². The molecule has 2 saturated carbocycles. The Bertz CT molecular complexity index is 874. The number of fused-ring (bicyclic) bond motifs is 1. The predicted molar refractivity (Wildman–Crippen MR) is 99.4 cm³/mol. The fourth-order valence-corrected chi connectivity index (χ4v) is 7.36. The molecule has 0 radical (unpaired) electrons. The van der Waals surface area contributed by atoms with E-state index in [9.17, 15) is 4.79 Å². The van der Waals surface area contributed by atoms with Crippen molar-refractivity contribution in [2.75, 3.05) is 13.7 Å². The number of methoxy groups -OCH3 is 1. The molecular weight excluding hydrogens is 358 g/mol. The topological polar surface area (TPSA) is 66.0 Å². The molecular formula is C22H27NO5. The summed E-state index contributed by atoms with van der Waals surface area (Å²) in [6, 6.07) is 0.135. The van der Waals surface area contributed by atoms with Crippen LogP contribution in [0, 0.1) is 29.1 Å². The number of carbonyl (C=O) groups excluding carboxylic acids is 1.